The largest absolute Gasteiger partial charge is 0.595 e. The van der Waals surface area contributed by atoms with E-state index in [2.05, 4.69) is 20.6 Å². The Balaban J connectivity index is 2.07. The number of aromatic nitrogens is 2. The van der Waals surface area contributed by atoms with Gasteiger partial charge >= 0.3 is 6.03 Å². The first-order valence-electron chi connectivity index (χ1n) is 5.34. The number of nitrogens with zero attached hydrogens (tertiary/aromatic N) is 2. The predicted molar refractivity (Wildman–Crippen MR) is 66.9 cm³/mol. The molecule has 19 heavy (non-hydrogen) atoms. The van der Waals surface area contributed by atoms with Crippen molar-refractivity contribution in [2.45, 2.75) is 0 Å². The highest BCUT2D eigenvalue weighted by molar-refractivity contribution is 6.00. The van der Waals surface area contributed by atoms with Gasteiger partial charge in [0.2, 0.25) is 5.95 Å². The van der Waals surface area contributed by atoms with Gasteiger partial charge in [0.15, 0.2) is 5.69 Å². The van der Waals surface area contributed by atoms with Crippen LogP contribution in [0.5, 0.6) is 0 Å². The zero-order valence-electron chi connectivity index (χ0n) is 9.70. The van der Waals surface area contributed by atoms with E-state index in [1.54, 1.807) is 18.2 Å². The molecule has 0 aliphatic heterocycles. The summed E-state index contributed by atoms with van der Waals surface area (Å²) in [6.07, 6.45) is 2.96. The van der Waals surface area contributed by atoms with Crippen molar-refractivity contribution in [3.05, 3.63) is 47.9 Å². The molecule has 0 saturated carbocycles. The van der Waals surface area contributed by atoms with E-state index in [0.717, 1.165) is 0 Å². The zero-order valence-corrected chi connectivity index (χ0v) is 9.70. The maximum atomic E-state index is 11.7. The number of urea groups is 1. The Hall–Kier alpha value is -2.55. The lowest BCUT2D eigenvalue weighted by Gasteiger charge is -2.15. The number of amides is 2. The lowest BCUT2D eigenvalue weighted by atomic mass is 10.3. The van der Waals surface area contributed by atoms with E-state index >= 15 is 0 Å². The van der Waals surface area contributed by atoms with Crippen LogP contribution >= 0.6 is 0 Å². The molecule has 2 amide bonds. The molecule has 0 aliphatic carbocycles. The van der Waals surface area contributed by atoms with Crippen LogP contribution in [-0.2, 0) is 0 Å². The minimum atomic E-state index is -1.12. The van der Waals surface area contributed by atoms with Crippen LogP contribution in [0.1, 0.15) is 0 Å². The van der Waals surface area contributed by atoms with E-state index in [9.17, 15) is 10.0 Å². The molecule has 0 radical (unpaired) electrons. The van der Waals surface area contributed by atoms with Crippen LogP contribution in [0.4, 0.5) is 22.1 Å². The topological polar surface area (TPSA) is 115 Å². The van der Waals surface area contributed by atoms with Crippen molar-refractivity contribution in [2.75, 3.05) is 10.6 Å². The second-order valence-electron chi connectivity index (χ2n) is 3.50. The quantitative estimate of drug-likeness (QED) is 0.601. The number of carbonyl (C=O) groups excluding carboxylic acids is 1. The van der Waals surface area contributed by atoms with Crippen molar-refractivity contribution in [1.29, 1.82) is 0 Å². The molecule has 1 aromatic heterocycles. The van der Waals surface area contributed by atoms with Crippen molar-refractivity contribution >= 4 is 23.4 Å². The van der Waals surface area contributed by atoms with Gasteiger partial charge < -0.3 is 10.5 Å². The van der Waals surface area contributed by atoms with E-state index in [4.69, 9.17) is 5.21 Å². The molecular weight excluding hydrogens is 250 g/mol. The first kappa shape index (κ1) is 12.9. The summed E-state index contributed by atoms with van der Waals surface area (Å²) in [7, 11) is 0. The van der Waals surface area contributed by atoms with Crippen molar-refractivity contribution in [3.8, 4) is 0 Å². The van der Waals surface area contributed by atoms with E-state index in [0.29, 0.717) is 0 Å². The molecule has 1 unspecified atom stereocenters. The summed E-state index contributed by atoms with van der Waals surface area (Å²) in [6.45, 7) is 0. The third-order valence-electron chi connectivity index (χ3n) is 2.20. The molecule has 0 bridgehead atoms. The standard InChI is InChI=1S/C11H11N5O3/c17-11(15-10-12-6-3-7-13-10)14-8-4-1-2-5-9(8)16(18)19/h1-7,16,18H,(H2,12,13,14,15,17). The summed E-state index contributed by atoms with van der Waals surface area (Å²) in [5.74, 6) is 0.132. The lowest BCUT2D eigenvalue weighted by molar-refractivity contribution is -0.990. The first-order chi connectivity index (χ1) is 9.16. The highest BCUT2D eigenvalue weighted by Gasteiger charge is 2.11. The summed E-state index contributed by atoms with van der Waals surface area (Å²) in [5.41, 5.74) is 0.204. The fourth-order valence-electron chi connectivity index (χ4n) is 1.40. The molecule has 8 heteroatoms. The molecule has 2 rings (SSSR count). The Morgan fingerprint density at radius 2 is 1.84 bits per heavy atom. The molecule has 2 aromatic rings. The van der Waals surface area contributed by atoms with Gasteiger partial charge in [0, 0.05) is 18.5 Å². The Labute approximate surface area is 108 Å². The third-order valence-corrected chi connectivity index (χ3v) is 2.20. The Morgan fingerprint density at radius 3 is 2.53 bits per heavy atom. The molecule has 8 nitrogen and oxygen atoms in total. The van der Waals surface area contributed by atoms with Crippen molar-refractivity contribution in [1.82, 2.24) is 9.97 Å². The fraction of sp³-hybridized carbons (Fsp3) is 0. The van der Waals surface area contributed by atoms with E-state index < -0.39 is 11.3 Å². The van der Waals surface area contributed by atoms with Crippen molar-refractivity contribution in [3.63, 3.8) is 0 Å². The van der Waals surface area contributed by atoms with Crippen LogP contribution in [-0.4, -0.2) is 21.2 Å². The van der Waals surface area contributed by atoms with E-state index in [-0.39, 0.29) is 17.3 Å². The van der Waals surface area contributed by atoms with Crippen molar-refractivity contribution in [2.24, 2.45) is 0 Å². The van der Waals surface area contributed by atoms with Crippen LogP contribution in [0, 0.1) is 5.21 Å². The van der Waals surface area contributed by atoms with E-state index in [1.165, 1.54) is 24.5 Å². The smallest absolute Gasteiger partial charge is 0.326 e. The molecule has 98 valence electrons. The maximum absolute atomic E-state index is 11.7. The molecule has 0 saturated heterocycles. The highest BCUT2D eigenvalue weighted by atomic mass is 16.8. The average molecular weight is 261 g/mol. The van der Waals surface area contributed by atoms with Crippen LogP contribution in [0.2, 0.25) is 0 Å². The van der Waals surface area contributed by atoms with Gasteiger partial charge in [-0.2, -0.15) is 5.23 Å². The van der Waals surface area contributed by atoms with E-state index in [1.807, 2.05) is 0 Å². The second-order valence-corrected chi connectivity index (χ2v) is 3.50. The molecule has 1 aromatic carbocycles. The lowest BCUT2D eigenvalue weighted by Crippen LogP contribution is -2.99. The summed E-state index contributed by atoms with van der Waals surface area (Å²) in [4.78, 5) is 19.3. The van der Waals surface area contributed by atoms with Crippen molar-refractivity contribution < 1.29 is 15.2 Å². The summed E-state index contributed by atoms with van der Waals surface area (Å²) in [5, 5.41) is 23.6. The molecule has 4 N–H and O–H groups in total. The number of carbonyl (C=O) groups is 1. The molecule has 0 aliphatic rings. The summed E-state index contributed by atoms with van der Waals surface area (Å²) in [6, 6.07) is 7.10. The van der Waals surface area contributed by atoms with Gasteiger partial charge in [-0.3, -0.25) is 5.32 Å². The van der Waals surface area contributed by atoms with Gasteiger partial charge in [-0.1, -0.05) is 12.1 Å². The molecule has 0 spiro atoms. The Morgan fingerprint density at radius 1 is 1.16 bits per heavy atom. The van der Waals surface area contributed by atoms with Gasteiger partial charge in [-0.05, 0) is 12.1 Å². The monoisotopic (exact) mass is 261 g/mol. The molecule has 1 heterocycles. The average Bonchev–Trinajstić information content (AvgIpc) is 2.40. The number of quaternary nitrogens is 1. The molecular formula is C11H11N5O3. The number of rotatable bonds is 3. The summed E-state index contributed by atoms with van der Waals surface area (Å²) >= 11 is 0. The Kier molecular flexibility index (Phi) is 3.98. The van der Waals surface area contributed by atoms with Crippen LogP contribution in [0.15, 0.2) is 42.7 Å². The normalized spacial score (nSPS) is 11.7. The minimum absolute atomic E-state index is 0.00614. The van der Waals surface area contributed by atoms with Crippen LogP contribution in [0.25, 0.3) is 0 Å². The number of para-hydroxylation sites is 2. The zero-order chi connectivity index (χ0) is 13.7. The van der Waals surface area contributed by atoms with Crippen LogP contribution < -0.4 is 15.9 Å². The number of hydrogen-bond acceptors (Lipinski definition) is 5. The number of nitrogens with one attached hydrogen (secondary N) is 3. The summed E-state index contributed by atoms with van der Waals surface area (Å²) < 4.78 is 0. The highest BCUT2D eigenvalue weighted by Crippen LogP contribution is 2.16. The molecule has 0 fully saturated rings. The number of anilines is 2. The van der Waals surface area contributed by atoms with Gasteiger partial charge in [0.05, 0.1) is 0 Å². The first-order valence-corrected chi connectivity index (χ1v) is 5.34. The van der Waals surface area contributed by atoms with Gasteiger partial charge in [-0.25, -0.2) is 20.0 Å². The fourth-order valence-corrected chi connectivity index (χ4v) is 1.40. The predicted octanol–water partition coefficient (Wildman–Crippen LogP) is 0.524. The second kappa shape index (κ2) is 5.87. The van der Waals surface area contributed by atoms with Gasteiger partial charge in [-0.15, -0.1) is 0 Å². The number of benzene rings is 1. The van der Waals surface area contributed by atoms with Crippen LogP contribution in [0.3, 0.4) is 0 Å². The minimum Gasteiger partial charge on any atom is -0.595 e. The third kappa shape index (κ3) is 3.45. The maximum Gasteiger partial charge on any atom is 0.326 e. The molecule has 1 atom stereocenters. The van der Waals surface area contributed by atoms with Gasteiger partial charge in [0.25, 0.3) is 0 Å². The Bertz CT molecular complexity index is 561. The SMILES string of the molecule is O=C(Nc1ncccn1)Nc1ccccc1[NH+]([O-])O. The van der Waals surface area contributed by atoms with Gasteiger partial charge in [0.1, 0.15) is 5.69 Å². The number of hydrogen-bond donors (Lipinski definition) is 4.